The molecular weight excluding hydrogens is 729 g/mol. The molecule has 1 N–H and O–H groups in total. The molecule has 60 heavy (non-hydrogen) atoms. The van der Waals surface area contributed by atoms with Crippen LogP contribution in [0.25, 0.3) is 33.4 Å². The largest absolute Gasteiger partial charge is 0.427 e. The molecule has 294 valence electrons. The van der Waals surface area contributed by atoms with Gasteiger partial charge in [0.1, 0.15) is 0 Å². The first-order valence-corrected chi connectivity index (χ1v) is 20.9. The Bertz CT molecular complexity index is 2770. The first kappa shape index (κ1) is 39.0. The van der Waals surface area contributed by atoms with Crippen LogP contribution in [0.1, 0.15) is 55.5 Å². The fourth-order valence-electron chi connectivity index (χ4n) is 8.77. The highest BCUT2D eigenvalue weighted by Gasteiger charge is 2.46. The molecule has 0 bridgehead atoms. The summed E-state index contributed by atoms with van der Waals surface area (Å²) >= 11 is 0. The van der Waals surface area contributed by atoms with Gasteiger partial charge in [-0.05, 0) is 127 Å². The lowest BCUT2D eigenvalue weighted by atomic mass is 9.67. The summed E-state index contributed by atoms with van der Waals surface area (Å²) in [7, 11) is 0.393. The first-order valence-electron chi connectivity index (χ1n) is 20.9. The topological polar surface area (TPSA) is 32.7 Å². The summed E-state index contributed by atoms with van der Waals surface area (Å²) < 4.78 is 6.29. The van der Waals surface area contributed by atoms with Crippen molar-refractivity contribution in [2.45, 2.75) is 51.2 Å². The summed E-state index contributed by atoms with van der Waals surface area (Å²) in [5, 5.41) is 10.7. The Morgan fingerprint density at radius 2 is 0.967 bits per heavy atom. The van der Waals surface area contributed by atoms with Crippen LogP contribution in [-0.2, 0) is 10.1 Å². The third kappa shape index (κ3) is 7.06. The standard InChI is InChI=1S/C56H50BNO2/c1-39-18-14-19-40(34-39)42-21-16-28-47(36-42)58(48-29-17-22-43(37-48)41-20-15-27-46(35-41)57-60-55(4,5)54(2,3)59)49-32-33-51-50-30-12-13-31-52(50)56(53(51)38-49,44-23-8-6-9-24-44)45-25-10-7-11-26-45/h6-38,57,59H,1-5H3. The summed E-state index contributed by atoms with van der Waals surface area (Å²) in [5.74, 6) is 0. The highest BCUT2D eigenvalue weighted by molar-refractivity contribution is 6.47. The molecule has 0 heterocycles. The van der Waals surface area contributed by atoms with E-state index >= 15 is 0 Å². The number of nitrogens with zero attached hydrogens (tertiary/aromatic N) is 1. The number of fused-ring (bicyclic) bond motifs is 3. The molecule has 8 aromatic rings. The van der Waals surface area contributed by atoms with E-state index in [4.69, 9.17) is 4.65 Å². The molecule has 9 rings (SSSR count). The molecule has 1 aliphatic carbocycles. The Morgan fingerprint density at radius 3 is 1.57 bits per heavy atom. The fourth-order valence-corrected chi connectivity index (χ4v) is 8.77. The maximum Gasteiger partial charge on any atom is 0.309 e. The van der Waals surface area contributed by atoms with Gasteiger partial charge in [-0.15, -0.1) is 0 Å². The van der Waals surface area contributed by atoms with Crippen LogP contribution < -0.4 is 10.4 Å². The zero-order valence-corrected chi connectivity index (χ0v) is 35.1. The molecule has 0 saturated carbocycles. The van der Waals surface area contributed by atoms with Crippen molar-refractivity contribution in [3.05, 3.63) is 228 Å². The SMILES string of the molecule is Cc1cccc(-c2cccc(N(c3cccc(-c4cccc(BOC(C)(C)C(C)(C)O)c4)c3)c3ccc4c(c3)C(c3ccccc3)(c3ccccc3)c3ccccc3-4)c2)c1. The monoisotopic (exact) mass is 779 g/mol. The number of aliphatic hydroxyl groups is 1. The third-order valence-corrected chi connectivity index (χ3v) is 12.6. The normalized spacial score (nSPS) is 13.0. The number of hydrogen-bond acceptors (Lipinski definition) is 3. The summed E-state index contributed by atoms with van der Waals surface area (Å²) in [6, 6.07) is 73.0. The van der Waals surface area contributed by atoms with E-state index in [-0.39, 0.29) is 0 Å². The first-order chi connectivity index (χ1) is 29.0. The van der Waals surface area contributed by atoms with Crippen molar-refractivity contribution in [2.24, 2.45) is 0 Å². The molecule has 0 saturated heterocycles. The molecule has 0 radical (unpaired) electrons. The quantitative estimate of drug-likeness (QED) is 0.133. The van der Waals surface area contributed by atoms with Crippen LogP contribution in [0.2, 0.25) is 0 Å². The average Bonchev–Trinajstić information content (AvgIpc) is 3.57. The van der Waals surface area contributed by atoms with Gasteiger partial charge in [0.05, 0.1) is 16.6 Å². The van der Waals surface area contributed by atoms with E-state index in [0.29, 0.717) is 7.48 Å². The maximum absolute atomic E-state index is 10.7. The highest BCUT2D eigenvalue weighted by Crippen LogP contribution is 2.57. The average molecular weight is 780 g/mol. The van der Waals surface area contributed by atoms with Crippen molar-refractivity contribution in [2.75, 3.05) is 4.90 Å². The second-order valence-corrected chi connectivity index (χ2v) is 17.1. The van der Waals surface area contributed by atoms with E-state index in [1.54, 1.807) is 13.8 Å². The van der Waals surface area contributed by atoms with Gasteiger partial charge >= 0.3 is 7.48 Å². The highest BCUT2D eigenvalue weighted by atomic mass is 16.5. The van der Waals surface area contributed by atoms with Crippen LogP contribution in [0.4, 0.5) is 17.1 Å². The lowest BCUT2D eigenvalue weighted by molar-refractivity contribution is -0.0893. The molecule has 0 fully saturated rings. The molecule has 3 nitrogen and oxygen atoms in total. The van der Waals surface area contributed by atoms with E-state index in [2.05, 4.69) is 212 Å². The van der Waals surface area contributed by atoms with Gasteiger partial charge in [0, 0.05) is 17.1 Å². The molecule has 0 spiro atoms. The van der Waals surface area contributed by atoms with Gasteiger partial charge in [0.25, 0.3) is 0 Å². The maximum atomic E-state index is 10.7. The van der Waals surface area contributed by atoms with Crippen molar-refractivity contribution in [1.29, 1.82) is 0 Å². The molecular formula is C56H50BNO2. The Morgan fingerprint density at radius 1 is 0.467 bits per heavy atom. The van der Waals surface area contributed by atoms with Crippen molar-refractivity contribution < 1.29 is 9.76 Å². The van der Waals surface area contributed by atoms with Gasteiger partial charge in [-0.2, -0.15) is 0 Å². The van der Waals surface area contributed by atoms with Crippen molar-refractivity contribution in [1.82, 2.24) is 0 Å². The molecule has 0 aliphatic heterocycles. The number of hydrogen-bond donors (Lipinski definition) is 1. The predicted octanol–water partition coefficient (Wildman–Crippen LogP) is 12.7. The number of anilines is 3. The Labute approximate surface area is 355 Å². The van der Waals surface area contributed by atoms with Crippen LogP contribution in [-0.4, -0.2) is 23.8 Å². The van der Waals surface area contributed by atoms with Gasteiger partial charge in [0.15, 0.2) is 0 Å². The van der Waals surface area contributed by atoms with Crippen molar-refractivity contribution in [3.63, 3.8) is 0 Å². The van der Waals surface area contributed by atoms with Crippen LogP contribution in [0, 0.1) is 6.92 Å². The molecule has 0 unspecified atom stereocenters. The van der Waals surface area contributed by atoms with E-state index in [1.165, 1.54) is 44.5 Å². The smallest absolute Gasteiger partial charge is 0.309 e. The second kappa shape index (κ2) is 15.6. The number of benzene rings is 8. The minimum atomic E-state index is -0.985. The van der Waals surface area contributed by atoms with E-state index in [1.807, 2.05) is 13.8 Å². The number of rotatable bonds is 11. The predicted molar refractivity (Wildman–Crippen MR) is 252 cm³/mol. The van der Waals surface area contributed by atoms with Crippen molar-refractivity contribution >= 4 is 30.0 Å². The number of aryl methyl sites for hydroxylation is 1. The zero-order valence-electron chi connectivity index (χ0n) is 35.1. The second-order valence-electron chi connectivity index (χ2n) is 17.1. The van der Waals surface area contributed by atoms with Gasteiger partial charge in [-0.3, -0.25) is 0 Å². The summed E-state index contributed by atoms with van der Waals surface area (Å²) in [5.41, 5.74) is 15.4. The van der Waals surface area contributed by atoms with Gasteiger partial charge < -0.3 is 14.7 Å². The summed E-state index contributed by atoms with van der Waals surface area (Å²) in [6.45, 7) is 9.60. The van der Waals surface area contributed by atoms with Crippen LogP contribution >= 0.6 is 0 Å². The molecule has 0 atom stereocenters. The minimum Gasteiger partial charge on any atom is -0.427 e. The summed E-state index contributed by atoms with van der Waals surface area (Å²) in [6.07, 6.45) is 0. The van der Waals surface area contributed by atoms with Gasteiger partial charge in [-0.25, -0.2) is 0 Å². The fraction of sp³-hybridized carbons (Fsp3) is 0.143. The van der Waals surface area contributed by atoms with Crippen LogP contribution in [0.15, 0.2) is 200 Å². The molecule has 8 aromatic carbocycles. The van der Waals surface area contributed by atoms with Crippen molar-refractivity contribution in [3.8, 4) is 33.4 Å². The van der Waals surface area contributed by atoms with Gasteiger partial charge in [0.2, 0.25) is 0 Å². The third-order valence-electron chi connectivity index (χ3n) is 12.6. The Balaban J connectivity index is 1.22. The summed E-state index contributed by atoms with van der Waals surface area (Å²) in [4.78, 5) is 2.41. The van der Waals surface area contributed by atoms with E-state index in [0.717, 1.165) is 39.2 Å². The Hall–Kier alpha value is -6.46. The Kier molecular flexibility index (Phi) is 10.2. The molecule has 1 aliphatic rings. The van der Waals surface area contributed by atoms with Crippen LogP contribution in [0.3, 0.4) is 0 Å². The zero-order chi connectivity index (χ0) is 41.5. The van der Waals surface area contributed by atoms with E-state index in [9.17, 15) is 5.11 Å². The minimum absolute atomic E-state index is 0.393. The van der Waals surface area contributed by atoms with Gasteiger partial charge in [-0.1, -0.05) is 175 Å². The molecule has 0 aromatic heterocycles. The lowest BCUT2D eigenvalue weighted by Gasteiger charge is -2.37. The molecule has 4 heteroatoms. The van der Waals surface area contributed by atoms with E-state index < -0.39 is 16.6 Å². The van der Waals surface area contributed by atoms with Crippen LogP contribution in [0.5, 0.6) is 0 Å². The molecule has 0 amide bonds. The lowest BCUT2D eigenvalue weighted by Crippen LogP contribution is -2.49.